The van der Waals surface area contributed by atoms with E-state index in [4.69, 9.17) is 20.3 Å². The van der Waals surface area contributed by atoms with Crippen LogP contribution in [-0.4, -0.2) is 31.1 Å². The first-order chi connectivity index (χ1) is 12.8. The first-order valence-electron chi connectivity index (χ1n) is 10.4. The first-order valence-corrected chi connectivity index (χ1v) is 13.3. The Balaban J connectivity index is 0.000000613. The average molecular weight is 443 g/mol. The molecule has 0 bridgehead atoms. The van der Waals surface area contributed by atoms with E-state index in [9.17, 15) is 0 Å². The summed E-state index contributed by atoms with van der Waals surface area (Å²) in [4.78, 5) is 2.83. The minimum atomic E-state index is 0.382. The van der Waals surface area contributed by atoms with E-state index in [1.165, 1.54) is 76.7 Å². The number of hydrogen-bond donors (Lipinski definition) is 0. The van der Waals surface area contributed by atoms with Crippen LogP contribution in [0.25, 0.3) is 5.32 Å². The molecule has 0 aromatic carbocycles. The molecule has 4 rings (SSSR count). The molecule has 151 valence electrons. The maximum absolute atomic E-state index is 4.73. The molecule has 2 heterocycles. The molecule has 26 heavy (non-hydrogen) atoms. The van der Waals surface area contributed by atoms with Gasteiger partial charge in [0.1, 0.15) is 0 Å². The van der Waals surface area contributed by atoms with Gasteiger partial charge in [0.25, 0.3) is 0 Å². The summed E-state index contributed by atoms with van der Waals surface area (Å²) in [6, 6.07) is 0. The molecular weight excluding hydrogens is 410 g/mol. The Kier molecular flexibility index (Phi) is 9.19. The van der Waals surface area contributed by atoms with Crippen LogP contribution < -0.4 is 0 Å². The summed E-state index contributed by atoms with van der Waals surface area (Å²) in [5.74, 6) is 4.10. The van der Waals surface area contributed by atoms with Gasteiger partial charge in [-0.2, -0.15) is 5.70 Å². The Labute approximate surface area is 174 Å². The van der Waals surface area contributed by atoms with Crippen LogP contribution in [0.2, 0.25) is 0 Å². The van der Waals surface area contributed by atoms with E-state index in [-0.39, 0.29) is 0 Å². The van der Waals surface area contributed by atoms with Crippen LogP contribution in [0.5, 0.6) is 0 Å². The van der Waals surface area contributed by atoms with E-state index < -0.39 is 0 Å². The van der Waals surface area contributed by atoms with Gasteiger partial charge >= 0.3 is 33.2 Å². The van der Waals surface area contributed by atoms with Gasteiger partial charge in [-0.15, -0.1) is 12.6 Å². The zero-order chi connectivity index (χ0) is 18.2. The molecular formula is C21H33Cl2CoN2-. The minimum absolute atomic E-state index is 0.382. The van der Waals surface area contributed by atoms with Crippen molar-refractivity contribution in [2.24, 2.45) is 23.7 Å². The van der Waals surface area contributed by atoms with E-state index in [0.717, 1.165) is 36.6 Å². The molecule has 4 aliphatic rings. The summed E-state index contributed by atoms with van der Waals surface area (Å²) in [5, 5.41) is 4.65. The van der Waals surface area contributed by atoms with Crippen molar-refractivity contribution in [2.45, 2.75) is 57.8 Å². The number of likely N-dealkylation sites (tertiary alicyclic amines) is 1. The summed E-state index contributed by atoms with van der Waals surface area (Å²) >= 11 is 0.382. The Morgan fingerprint density at radius 3 is 2.08 bits per heavy atom. The van der Waals surface area contributed by atoms with Crippen LogP contribution in [0.1, 0.15) is 57.8 Å². The van der Waals surface area contributed by atoms with Crippen molar-refractivity contribution in [3.05, 3.63) is 29.2 Å². The molecule has 0 aromatic rings. The van der Waals surface area contributed by atoms with Gasteiger partial charge in [0.2, 0.25) is 0 Å². The van der Waals surface area contributed by atoms with Crippen molar-refractivity contribution in [1.82, 2.24) is 4.90 Å². The van der Waals surface area contributed by atoms with Gasteiger partial charge < -0.3 is 10.2 Å². The maximum atomic E-state index is 4.73. The van der Waals surface area contributed by atoms with Gasteiger partial charge in [-0.05, 0) is 55.8 Å². The quantitative estimate of drug-likeness (QED) is 0.486. The Morgan fingerprint density at radius 1 is 0.962 bits per heavy atom. The summed E-state index contributed by atoms with van der Waals surface area (Å²) in [7, 11) is 9.47. The van der Waals surface area contributed by atoms with Crippen LogP contribution in [0, 0.1) is 23.7 Å². The molecule has 1 saturated heterocycles. The van der Waals surface area contributed by atoms with Crippen LogP contribution in [-0.2, 0) is 12.9 Å². The predicted molar refractivity (Wildman–Crippen MR) is 109 cm³/mol. The average Bonchev–Trinajstić information content (AvgIpc) is 2.84. The van der Waals surface area contributed by atoms with Crippen molar-refractivity contribution in [1.29, 1.82) is 0 Å². The molecule has 4 unspecified atom stereocenters. The van der Waals surface area contributed by atoms with Gasteiger partial charge in [-0.3, -0.25) is 0 Å². The van der Waals surface area contributed by atoms with Crippen LogP contribution in [0.15, 0.2) is 23.9 Å². The number of rotatable bonds is 3. The fourth-order valence-corrected chi connectivity index (χ4v) is 5.87. The number of fused-ring (bicyclic) bond motifs is 3. The van der Waals surface area contributed by atoms with E-state index in [1.807, 2.05) is 0 Å². The summed E-state index contributed by atoms with van der Waals surface area (Å²) in [5.41, 5.74) is 1.32. The van der Waals surface area contributed by atoms with E-state index in [2.05, 4.69) is 28.4 Å². The molecule has 2 saturated carbocycles. The predicted octanol–water partition coefficient (Wildman–Crippen LogP) is 6.51. The molecule has 0 amide bonds. The Hall–Kier alpha value is 0.326. The van der Waals surface area contributed by atoms with Crippen molar-refractivity contribution >= 4 is 20.3 Å². The number of hydrogen-bond acceptors (Lipinski definition) is 1. The van der Waals surface area contributed by atoms with E-state index in [0.29, 0.717) is 12.9 Å². The summed E-state index contributed by atoms with van der Waals surface area (Å²) < 4.78 is 0. The molecule has 5 heteroatoms. The fourth-order valence-electron chi connectivity index (χ4n) is 5.87. The van der Waals surface area contributed by atoms with E-state index >= 15 is 0 Å². The molecule has 0 N–H and O–H groups in total. The van der Waals surface area contributed by atoms with Gasteiger partial charge in [0.15, 0.2) is 0 Å². The third kappa shape index (κ3) is 5.91. The Bertz CT molecular complexity index is 459. The van der Waals surface area contributed by atoms with Crippen LogP contribution in [0.4, 0.5) is 0 Å². The van der Waals surface area contributed by atoms with Crippen molar-refractivity contribution < 1.29 is 12.9 Å². The molecule has 4 atom stereocenters. The van der Waals surface area contributed by atoms with Gasteiger partial charge in [-0.1, -0.05) is 37.8 Å². The van der Waals surface area contributed by atoms with Gasteiger partial charge in [0, 0.05) is 19.6 Å². The third-order valence-electron chi connectivity index (χ3n) is 6.98. The SMILES string of the molecule is C1=CC[N-]C(CCN2CC3CCCCC3C3CCCCC3C2)=C1.[Cl][Co][Cl]. The topological polar surface area (TPSA) is 17.3 Å². The molecule has 0 aromatic heterocycles. The van der Waals surface area contributed by atoms with Gasteiger partial charge in [-0.25, -0.2) is 0 Å². The summed E-state index contributed by atoms with van der Waals surface area (Å²) in [6.45, 7) is 4.87. The monoisotopic (exact) mass is 442 g/mol. The number of halogens is 2. The second kappa shape index (κ2) is 11.4. The first kappa shape index (κ1) is 21.0. The Morgan fingerprint density at radius 2 is 1.54 bits per heavy atom. The van der Waals surface area contributed by atoms with Crippen LogP contribution >= 0.6 is 20.3 Å². The molecule has 3 fully saturated rings. The zero-order valence-corrected chi connectivity index (χ0v) is 18.3. The van der Waals surface area contributed by atoms with Crippen molar-refractivity contribution in [3.8, 4) is 0 Å². The standard InChI is InChI=1S/C21H33N2.2ClH.Co/c1-3-10-20-17(7-1)15-23(14-12-19-9-5-6-13-22-19)16-18-8-2-4-11-21(18)20;;;/h5-6,9,17-18,20-21H,1-4,7-8,10-16H2;2*1H;/q-1;;;+2/p-2. The molecule has 2 nitrogen and oxygen atoms in total. The van der Waals surface area contributed by atoms with Crippen molar-refractivity contribution in [3.63, 3.8) is 0 Å². The van der Waals surface area contributed by atoms with Crippen LogP contribution in [0.3, 0.4) is 0 Å². The zero-order valence-electron chi connectivity index (χ0n) is 15.7. The second-order valence-corrected chi connectivity index (χ2v) is 10.1. The third-order valence-corrected chi connectivity index (χ3v) is 6.98. The number of allylic oxidation sites excluding steroid dienone is 2. The van der Waals surface area contributed by atoms with Crippen molar-refractivity contribution in [2.75, 3.05) is 26.2 Å². The normalized spacial score (nSPS) is 34.5. The molecule has 0 radical (unpaired) electrons. The van der Waals surface area contributed by atoms with E-state index in [1.54, 1.807) is 0 Å². The molecule has 2 aliphatic carbocycles. The van der Waals surface area contributed by atoms with Gasteiger partial charge in [0.05, 0.1) is 0 Å². The number of nitrogens with zero attached hydrogens (tertiary/aromatic N) is 2. The molecule has 2 aliphatic heterocycles. The fraction of sp³-hybridized carbons (Fsp3) is 0.810. The molecule has 0 spiro atoms. The summed E-state index contributed by atoms with van der Waals surface area (Å²) in [6.07, 6.45) is 19.7. The second-order valence-electron chi connectivity index (χ2n) is 8.40.